The zero-order valence-electron chi connectivity index (χ0n) is 39.4. The smallest absolute Gasteiger partial charge is 0.410 e. The van der Waals surface area contributed by atoms with Gasteiger partial charge in [0.1, 0.15) is 37.1 Å². The Morgan fingerprint density at radius 3 is 2.06 bits per heavy atom. The van der Waals surface area contributed by atoms with Crippen LogP contribution in [0.1, 0.15) is 89.3 Å². The number of hydrogen-bond donors (Lipinski definition) is 2. The number of amides is 3. The SMILES string of the molecule is CC(=O)OC[C@H]1O[C@@H](Oc2n[nH]c(C(C)C)c2Cc2ccc(OCCNC(=O)C(C)(C)C(=O)N3CCN(C(=O)OCc4ccccc4)CC3)cc2C)[C@H](OC(C)=O)[C@@H](OC(C)=O)[C@H]1OC(C)=O. The normalized spacial score (nSPS) is 19.5. The summed E-state index contributed by atoms with van der Waals surface area (Å²) in [5, 5.41) is 10.3. The molecule has 2 aromatic carbocycles. The summed E-state index contributed by atoms with van der Waals surface area (Å²) in [6, 6.07) is 14.9. The van der Waals surface area contributed by atoms with Gasteiger partial charge in [0.15, 0.2) is 12.2 Å². The van der Waals surface area contributed by atoms with Gasteiger partial charge in [-0.25, -0.2) is 4.79 Å². The van der Waals surface area contributed by atoms with Crippen LogP contribution in [0.4, 0.5) is 4.79 Å². The number of carbonyl (C=O) groups excluding carboxylic acids is 7. The van der Waals surface area contributed by atoms with Gasteiger partial charge in [-0.2, -0.15) is 0 Å². The second-order valence-electron chi connectivity index (χ2n) is 17.1. The largest absolute Gasteiger partial charge is 0.492 e. The highest BCUT2D eigenvalue weighted by atomic mass is 16.7. The van der Waals surface area contributed by atoms with E-state index in [1.54, 1.807) is 29.7 Å². The average molecular weight is 936 g/mol. The van der Waals surface area contributed by atoms with Crippen LogP contribution in [0.25, 0.3) is 0 Å². The molecule has 0 unspecified atom stereocenters. The molecule has 3 heterocycles. The molecule has 1 aromatic heterocycles. The van der Waals surface area contributed by atoms with E-state index >= 15 is 0 Å². The van der Waals surface area contributed by atoms with Crippen LogP contribution in [-0.2, 0) is 70.2 Å². The van der Waals surface area contributed by atoms with Gasteiger partial charge in [0, 0.05) is 71.6 Å². The quantitative estimate of drug-likeness (QED) is 0.0796. The molecule has 3 aromatic rings. The second-order valence-corrected chi connectivity index (χ2v) is 17.1. The molecule has 2 aliphatic heterocycles. The van der Waals surface area contributed by atoms with Crippen molar-refractivity contribution < 1.29 is 71.5 Å². The van der Waals surface area contributed by atoms with Gasteiger partial charge in [0.25, 0.3) is 0 Å². The number of aryl methyl sites for hydroxylation is 1. The van der Waals surface area contributed by atoms with Gasteiger partial charge in [-0.15, -0.1) is 5.10 Å². The fourth-order valence-corrected chi connectivity index (χ4v) is 7.60. The van der Waals surface area contributed by atoms with Crippen molar-refractivity contribution in [3.8, 4) is 11.6 Å². The zero-order valence-corrected chi connectivity index (χ0v) is 39.4. The molecule has 67 heavy (non-hydrogen) atoms. The predicted octanol–water partition coefficient (Wildman–Crippen LogP) is 3.90. The lowest BCUT2D eigenvalue weighted by molar-refractivity contribution is -0.289. The number of benzene rings is 2. The summed E-state index contributed by atoms with van der Waals surface area (Å²) in [6.07, 6.45) is -7.07. The van der Waals surface area contributed by atoms with Crippen LogP contribution in [0, 0.1) is 12.3 Å². The molecule has 5 rings (SSSR count). The fraction of sp³-hybridized carbons (Fsp3) is 0.532. The first-order chi connectivity index (χ1) is 31.7. The van der Waals surface area contributed by atoms with Crippen LogP contribution in [0.2, 0.25) is 0 Å². The summed E-state index contributed by atoms with van der Waals surface area (Å²) in [5.41, 5.74) is 2.61. The molecule has 3 amide bonds. The first-order valence-corrected chi connectivity index (χ1v) is 22.0. The Kier molecular flexibility index (Phi) is 17.7. The fourth-order valence-electron chi connectivity index (χ4n) is 7.60. The standard InChI is InChI=1S/C47H61N5O15/c1-27(2)38-36(42(50-49-38)67-43-41(65-32(7)56)40(64-31(6)55)39(63-30(5)54)37(66-43)26-61-29(4)53)24-34-15-16-35(23-28(34)3)60-22-17-48-44(57)47(8,9)45(58)51-18-20-52(21-19-51)46(59)62-25-33-13-11-10-12-14-33/h10-16,23,27,37,39-41,43H,17-22,24-26H2,1-9H3,(H,48,57)(H,49,50)/t37-,39+,40+,41-,43+/m1/s1. The Bertz CT molecular complexity index is 2240. The minimum atomic E-state index is -1.48. The van der Waals surface area contributed by atoms with E-state index in [0.717, 1.165) is 43.2 Å². The molecule has 2 N–H and O–H groups in total. The number of aromatic nitrogens is 2. The lowest BCUT2D eigenvalue weighted by Gasteiger charge is -2.43. The van der Waals surface area contributed by atoms with Gasteiger partial charge < -0.3 is 53.0 Å². The van der Waals surface area contributed by atoms with E-state index in [1.165, 1.54) is 6.92 Å². The van der Waals surface area contributed by atoms with Gasteiger partial charge in [-0.1, -0.05) is 50.2 Å². The molecular formula is C47H61N5O15. The number of nitrogens with one attached hydrogen (secondary N) is 2. The summed E-state index contributed by atoms with van der Waals surface area (Å²) >= 11 is 0. The van der Waals surface area contributed by atoms with Gasteiger partial charge in [0.05, 0.1) is 6.54 Å². The molecule has 0 radical (unpaired) electrons. The highest BCUT2D eigenvalue weighted by molar-refractivity contribution is 6.04. The number of carbonyl (C=O) groups is 7. The third-order valence-electron chi connectivity index (χ3n) is 11.1. The first kappa shape index (κ1) is 51.3. The van der Waals surface area contributed by atoms with Crippen LogP contribution in [-0.4, -0.2) is 138 Å². The number of esters is 4. The van der Waals surface area contributed by atoms with Crippen molar-refractivity contribution in [1.82, 2.24) is 25.3 Å². The number of hydrogen-bond acceptors (Lipinski definition) is 16. The van der Waals surface area contributed by atoms with Crippen molar-refractivity contribution in [1.29, 1.82) is 0 Å². The molecular weight excluding hydrogens is 875 g/mol. The van der Waals surface area contributed by atoms with Crippen LogP contribution in [0.5, 0.6) is 11.6 Å². The van der Waals surface area contributed by atoms with E-state index < -0.39 is 78.6 Å². The second kappa shape index (κ2) is 23.2. The molecule has 0 aliphatic carbocycles. The molecule has 0 bridgehead atoms. The van der Waals surface area contributed by atoms with Crippen LogP contribution in [0.15, 0.2) is 48.5 Å². The molecule has 364 valence electrons. The Morgan fingerprint density at radius 1 is 0.821 bits per heavy atom. The number of aromatic amines is 1. The lowest BCUT2D eigenvalue weighted by atomic mass is 9.90. The maximum Gasteiger partial charge on any atom is 0.410 e. The van der Waals surface area contributed by atoms with E-state index in [0.29, 0.717) is 17.7 Å². The number of piperazine rings is 1. The van der Waals surface area contributed by atoms with Crippen LogP contribution in [0.3, 0.4) is 0 Å². The minimum Gasteiger partial charge on any atom is -0.492 e. The molecule has 0 spiro atoms. The van der Waals surface area contributed by atoms with Crippen molar-refractivity contribution in [2.75, 3.05) is 45.9 Å². The number of nitrogens with zero attached hydrogens (tertiary/aromatic N) is 3. The van der Waals surface area contributed by atoms with Gasteiger partial charge in [-0.05, 0) is 55.5 Å². The minimum absolute atomic E-state index is 0.0556. The highest BCUT2D eigenvalue weighted by Crippen LogP contribution is 2.35. The Hall–Kier alpha value is -6.70. The molecule has 20 heteroatoms. The number of rotatable bonds is 18. The maximum absolute atomic E-state index is 13.5. The van der Waals surface area contributed by atoms with Gasteiger partial charge in [-0.3, -0.25) is 33.9 Å². The van der Waals surface area contributed by atoms with Crippen molar-refractivity contribution >= 4 is 41.8 Å². The van der Waals surface area contributed by atoms with Crippen LogP contribution >= 0.6 is 0 Å². The van der Waals surface area contributed by atoms with E-state index in [1.807, 2.05) is 63.2 Å². The van der Waals surface area contributed by atoms with Crippen molar-refractivity contribution in [3.63, 3.8) is 0 Å². The van der Waals surface area contributed by atoms with E-state index in [4.69, 9.17) is 37.9 Å². The monoisotopic (exact) mass is 935 g/mol. The van der Waals surface area contributed by atoms with Crippen molar-refractivity contribution in [2.24, 2.45) is 5.41 Å². The molecule has 20 nitrogen and oxygen atoms in total. The summed E-state index contributed by atoms with van der Waals surface area (Å²) < 4.78 is 45.7. The summed E-state index contributed by atoms with van der Waals surface area (Å²) in [6.45, 7) is 14.6. The topological polar surface area (TPSA) is 241 Å². The zero-order chi connectivity index (χ0) is 49.0. The Morgan fingerprint density at radius 2 is 1.45 bits per heavy atom. The molecule has 2 aliphatic rings. The predicted molar refractivity (Wildman–Crippen MR) is 236 cm³/mol. The molecule has 2 saturated heterocycles. The van der Waals surface area contributed by atoms with Crippen molar-refractivity contribution in [3.05, 3.63) is 76.5 Å². The summed E-state index contributed by atoms with van der Waals surface area (Å²) in [5.74, 6) is -3.20. The average Bonchev–Trinajstić information content (AvgIpc) is 3.67. The first-order valence-electron chi connectivity index (χ1n) is 22.0. The van der Waals surface area contributed by atoms with Crippen molar-refractivity contribution in [2.45, 2.75) is 112 Å². The highest BCUT2D eigenvalue weighted by Gasteiger charge is 2.54. The third kappa shape index (κ3) is 13.9. The van der Waals surface area contributed by atoms with E-state index in [9.17, 15) is 33.6 Å². The van der Waals surface area contributed by atoms with E-state index in [-0.39, 0.29) is 63.6 Å². The van der Waals surface area contributed by atoms with Crippen LogP contribution < -0.4 is 14.8 Å². The van der Waals surface area contributed by atoms with E-state index in [2.05, 4.69) is 15.5 Å². The number of ether oxygens (including phenoxy) is 8. The maximum atomic E-state index is 13.5. The lowest BCUT2D eigenvalue weighted by Crippen LogP contribution is -2.63. The summed E-state index contributed by atoms with van der Waals surface area (Å²) in [4.78, 5) is 91.2. The molecule has 2 fully saturated rings. The number of H-pyrrole nitrogens is 1. The van der Waals surface area contributed by atoms with Gasteiger partial charge in [0.2, 0.25) is 30.1 Å². The Balaban J connectivity index is 1.20. The van der Waals surface area contributed by atoms with Gasteiger partial charge >= 0.3 is 30.0 Å². The molecule has 5 atom stereocenters. The third-order valence-corrected chi connectivity index (χ3v) is 11.1. The molecule has 0 saturated carbocycles. The summed E-state index contributed by atoms with van der Waals surface area (Å²) in [7, 11) is 0. The Labute approximate surface area is 389 Å².